The molecule has 1 unspecified atom stereocenters. The Morgan fingerprint density at radius 2 is 2.04 bits per heavy atom. The van der Waals surface area contributed by atoms with E-state index >= 15 is 0 Å². The number of likely N-dealkylation sites (N-methyl/N-ethyl adjacent to an activating group) is 1. The fourth-order valence-corrected chi connectivity index (χ4v) is 2.78. The lowest BCUT2D eigenvalue weighted by atomic mass is 10.1. The highest BCUT2D eigenvalue weighted by molar-refractivity contribution is 5.87. The van der Waals surface area contributed by atoms with Crippen LogP contribution in [0.4, 0.5) is 0 Å². The lowest BCUT2D eigenvalue weighted by Crippen LogP contribution is -2.33. The molecular formula is C19H27N3O2. The van der Waals surface area contributed by atoms with Crippen LogP contribution in [0.25, 0.3) is 0 Å². The van der Waals surface area contributed by atoms with Gasteiger partial charge in [-0.1, -0.05) is 36.4 Å². The number of hydrogen-bond acceptors (Lipinski definition) is 3. The maximum absolute atomic E-state index is 12.3. The second kappa shape index (κ2) is 9.23. The summed E-state index contributed by atoms with van der Waals surface area (Å²) in [7, 11) is 3.92. The molecule has 1 N–H and O–H groups in total. The molecule has 2 rings (SSSR count). The minimum absolute atomic E-state index is 0.0640. The lowest BCUT2D eigenvalue weighted by Gasteiger charge is -2.16. The third kappa shape index (κ3) is 6.16. The van der Waals surface area contributed by atoms with Gasteiger partial charge >= 0.3 is 0 Å². The summed E-state index contributed by atoms with van der Waals surface area (Å²) < 4.78 is 0. The van der Waals surface area contributed by atoms with Crippen molar-refractivity contribution in [3.8, 4) is 0 Å². The van der Waals surface area contributed by atoms with Crippen molar-refractivity contribution >= 4 is 11.8 Å². The largest absolute Gasteiger partial charge is 0.352 e. The normalized spacial score (nSPS) is 17.6. The van der Waals surface area contributed by atoms with Crippen LogP contribution in [0.3, 0.4) is 0 Å². The van der Waals surface area contributed by atoms with E-state index in [-0.39, 0.29) is 11.8 Å². The smallest absolute Gasteiger partial charge is 0.243 e. The average molecular weight is 329 g/mol. The molecule has 1 aromatic rings. The Labute approximate surface area is 144 Å². The van der Waals surface area contributed by atoms with E-state index < -0.39 is 0 Å². The van der Waals surface area contributed by atoms with Gasteiger partial charge in [-0.25, -0.2) is 0 Å². The van der Waals surface area contributed by atoms with Crippen molar-refractivity contribution in [2.75, 3.05) is 40.3 Å². The zero-order valence-electron chi connectivity index (χ0n) is 14.6. The highest BCUT2D eigenvalue weighted by Crippen LogP contribution is 2.16. The SMILES string of the molecule is CN(C)C/C=C/C(=O)NCC1CCN(C(=O)Cc2ccccc2)C1. The Morgan fingerprint density at radius 1 is 1.29 bits per heavy atom. The van der Waals surface area contributed by atoms with Gasteiger partial charge in [-0.05, 0) is 32.0 Å². The van der Waals surface area contributed by atoms with E-state index in [0.717, 1.165) is 31.6 Å². The van der Waals surface area contributed by atoms with Crippen LogP contribution >= 0.6 is 0 Å². The van der Waals surface area contributed by atoms with Gasteiger partial charge in [0.2, 0.25) is 11.8 Å². The predicted octanol–water partition coefficient (Wildman–Crippen LogP) is 1.31. The molecule has 5 heteroatoms. The first-order valence-electron chi connectivity index (χ1n) is 8.45. The van der Waals surface area contributed by atoms with E-state index in [1.165, 1.54) is 0 Å². The molecule has 1 fully saturated rings. The first-order chi connectivity index (χ1) is 11.5. The molecule has 1 aliphatic heterocycles. The van der Waals surface area contributed by atoms with Crippen molar-refractivity contribution < 1.29 is 9.59 Å². The minimum atomic E-state index is -0.0640. The first kappa shape index (κ1) is 18.2. The fourth-order valence-electron chi connectivity index (χ4n) is 2.78. The van der Waals surface area contributed by atoms with Crippen LogP contribution in [0, 0.1) is 5.92 Å². The molecule has 0 saturated carbocycles. The van der Waals surface area contributed by atoms with Crippen LogP contribution in [-0.2, 0) is 16.0 Å². The Morgan fingerprint density at radius 3 is 2.75 bits per heavy atom. The number of hydrogen-bond donors (Lipinski definition) is 1. The molecule has 0 bridgehead atoms. The molecule has 5 nitrogen and oxygen atoms in total. The van der Waals surface area contributed by atoms with Crippen molar-refractivity contribution in [3.63, 3.8) is 0 Å². The maximum atomic E-state index is 12.3. The number of nitrogens with one attached hydrogen (secondary N) is 1. The molecule has 1 saturated heterocycles. The Bertz CT molecular complexity index is 569. The molecule has 130 valence electrons. The fraction of sp³-hybridized carbons (Fsp3) is 0.474. The second-order valence-electron chi connectivity index (χ2n) is 6.57. The van der Waals surface area contributed by atoms with Gasteiger partial charge in [0.15, 0.2) is 0 Å². The van der Waals surface area contributed by atoms with Gasteiger partial charge in [-0.3, -0.25) is 9.59 Å². The number of benzene rings is 1. The zero-order valence-corrected chi connectivity index (χ0v) is 14.6. The maximum Gasteiger partial charge on any atom is 0.243 e. The van der Waals surface area contributed by atoms with Crippen molar-refractivity contribution in [3.05, 3.63) is 48.0 Å². The molecule has 1 heterocycles. The molecule has 1 atom stereocenters. The van der Waals surface area contributed by atoms with Gasteiger partial charge in [0.05, 0.1) is 6.42 Å². The van der Waals surface area contributed by atoms with E-state index in [2.05, 4.69) is 5.32 Å². The number of likely N-dealkylation sites (tertiary alicyclic amines) is 1. The van der Waals surface area contributed by atoms with E-state index in [0.29, 0.717) is 18.9 Å². The number of nitrogens with zero attached hydrogens (tertiary/aromatic N) is 2. The summed E-state index contributed by atoms with van der Waals surface area (Å²) in [5.74, 6) is 0.447. The third-order valence-electron chi connectivity index (χ3n) is 4.14. The Balaban J connectivity index is 1.70. The number of carbonyl (C=O) groups is 2. The lowest BCUT2D eigenvalue weighted by molar-refractivity contribution is -0.129. The van der Waals surface area contributed by atoms with Crippen LogP contribution in [0.5, 0.6) is 0 Å². The summed E-state index contributed by atoms with van der Waals surface area (Å²) in [4.78, 5) is 28.0. The van der Waals surface area contributed by atoms with Crippen molar-refractivity contribution in [2.45, 2.75) is 12.8 Å². The van der Waals surface area contributed by atoms with E-state index in [1.54, 1.807) is 6.08 Å². The molecular weight excluding hydrogens is 302 g/mol. The van der Waals surface area contributed by atoms with Gasteiger partial charge in [0.25, 0.3) is 0 Å². The summed E-state index contributed by atoms with van der Waals surface area (Å²) in [6.45, 7) is 2.88. The van der Waals surface area contributed by atoms with Gasteiger partial charge < -0.3 is 15.1 Å². The highest BCUT2D eigenvalue weighted by Gasteiger charge is 2.26. The first-order valence-corrected chi connectivity index (χ1v) is 8.45. The van der Waals surface area contributed by atoms with Crippen LogP contribution in [0.15, 0.2) is 42.5 Å². The molecule has 24 heavy (non-hydrogen) atoms. The van der Waals surface area contributed by atoms with Crippen molar-refractivity contribution in [1.29, 1.82) is 0 Å². The Hall–Kier alpha value is -2.14. The summed E-state index contributed by atoms with van der Waals surface area (Å²) in [5.41, 5.74) is 1.05. The average Bonchev–Trinajstić information content (AvgIpc) is 3.03. The summed E-state index contributed by atoms with van der Waals surface area (Å²) in [6, 6.07) is 9.82. The summed E-state index contributed by atoms with van der Waals surface area (Å²) in [6.07, 6.45) is 4.82. The van der Waals surface area contributed by atoms with E-state index in [9.17, 15) is 9.59 Å². The monoisotopic (exact) mass is 329 g/mol. The standard InChI is InChI=1S/C19H27N3O2/c1-21(2)11-6-9-18(23)20-14-17-10-12-22(15-17)19(24)13-16-7-4-3-5-8-16/h3-9,17H,10-15H2,1-2H3,(H,20,23)/b9-6+. The molecule has 0 spiro atoms. The summed E-state index contributed by atoms with van der Waals surface area (Å²) in [5, 5.41) is 2.93. The second-order valence-corrected chi connectivity index (χ2v) is 6.57. The van der Waals surface area contributed by atoms with Gasteiger partial charge in [0.1, 0.15) is 0 Å². The van der Waals surface area contributed by atoms with Gasteiger partial charge in [0, 0.05) is 32.3 Å². The minimum Gasteiger partial charge on any atom is -0.352 e. The molecule has 0 aromatic heterocycles. The number of rotatable bonds is 7. The van der Waals surface area contributed by atoms with Crippen molar-refractivity contribution in [2.24, 2.45) is 5.92 Å². The number of amides is 2. The van der Waals surface area contributed by atoms with E-state index in [4.69, 9.17) is 0 Å². The number of carbonyl (C=O) groups excluding carboxylic acids is 2. The molecule has 2 amide bonds. The van der Waals surface area contributed by atoms with Gasteiger partial charge in [-0.2, -0.15) is 0 Å². The molecule has 1 aliphatic rings. The molecule has 1 aromatic carbocycles. The quantitative estimate of drug-likeness (QED) is 0.768. The highest BCUT2D eigenvalue weighted by atomic mass is 16.2. The molecule has 0 radical (unpaired) electrons. The molecule has 0 aliphatic carbocycles. The van der Waals surface area contributed by atoms with Crippen LogP contribution in [-0.4, -0.2) is 61.9 Å². The van der Waals surface area contributed by atoms with Crippen LogP contribution < -0.4 is 5.32 Å². The van der Waals surface area contributed by atoms with E-state index in [1.807, 2.05) is 60.3 Å². The predicted molar refractivity (Wildman–Crippen MR) is 95.5 cm³/mol. The van der Waals surface area contributed by atoms with Crippen molar-refractivity contribution in [1.82, 2.24) is 15.1 Å². The summed E-state index contributed by atoms with van der Waals surface area (Å²) >= 11 is 0. The van der Waals surface area contributed by atoms with Crippen LogP contribution in [0.2, 0.25) is 0 Å². The zero-order chi connectivity index (χ0) is 17.4. The third-order valence-corrected chi connectivity index (χ3v) is 4.14. The Kier molecular flexibility index (Phi) is 7.00. The topological polar surface area (TPSA) is 52.7 Å². The van der Waals surface area contributed by atoms with Crippen LogP contribution in [0.1, 0.15) is 12.0 Å². The van der Waals surface area contributed by atoms with Gasteiger partial charge in [-0.15, -0.1) is 0 Å².